The average Bonchev–Trinajstić information content (AvgIpc) is 2.38. The second-order valence-electron chi connectivity index (χ2n) is 6.75. The third-order valence-corrected chi connectivity index (χ3v) is 5.68. The number of halogens is 1. The summed E-state index contributed by atoms with van der Waals surface area (Å²) >= 11 is 0. The Balaban J connectivity index is 1.98. The molecule has 0 heterocycles. The van der Waals surface area contributed by atoms with E-state index < -0.39 is 8.07 Å². The standard InChI is InChI=1S/C18H24FNSi/c1-20(14-16-6-5-7-17(19)12-16)13-15-8-10-18(11-9-15)21(2,3)4/h5-12H,13-14H2,1-4H3. The van der Waals surface area contributed by atoms with Crippen molar-refractivity contribution in [2.24, 2.45) is 0 Å². The lowest BCUT2D eigenvalue weighted by Crippen LogP contribution is -2.37. The Morgan fingerprint density at radius 2 is 1.52 bits per heavy atom. The molecule has 0 unspecified atom stereocenters. The van der Waals surface area contributed by atoms with Crippen molar-refractivity contribution in [3.05, 3.63) is 65.5 Å². The number of hydrogen-bond donors (Lipinski definition) is 0. The molecule has 1 nitrogen and oxygen atoms in total. The van der Waals surface area contributed by atoms with Crippen molar-refractivity contribution in [3.63, 3.8) is 0 Å². The van der Waals surface area contributed by atoms with Gasteiger partial charge >= 0.3 is 0 Å². The number of hydrogen-bond acceptors (Lipinski definition) is 1. The Hall–Kier alpha value is -1.45. The van der Waals surface area contributed by atoms with E-state index in [0.29, 0.717) is 0 Å². The van der Waals surface area contributed by atoms with E-state index in [-0.39, 0.29) is 5.82 Å². The summed E-state index contributed by atoms with van der Waals surface area (Å²) in [4.78, 5) is 2.21. The number of rotatable bonds is 5. The topological polar surface area (TPSA) is 3.24 Å². The fourth-order valence-electron chi connectivity index (χ4n) is 2.42. The fourth-order valence-corrected chi connectivity index (χ4v) is 3.59. The molecule has 0 aliphatic heterocycles. The monoisotopic (exact) mass is 301 g/mol. The molecule has 0 atom stereocenters. The molecule has 0 aliphatic rings. The SMILES string of the molecule is CN(Cc1ccc([Si](C)(C)C)cc1)Cc1cccc(F)c1. The molecule has 2 rings (SSSR count). The van der Waals surface area contributed by atoms with Crippen molar-refractivity contribution in [1.82, 2.24) is 4.90 Å². The van der Waals surface area contributed by atoms with Crippen LogP contribution in [0.2, 0.25) is 19.6 Å². The number of nitrogens with zero attached hydrogens (tertiary/aromatic N) is 1. The molecule has 3 heteroatoms. The first-order chi connectivity index (χ1) is 9.84. The third-order valence-electron chi connectivity index (χ3n) is 3.61. The minimum atomic E-state index is -1.22. The highest BCUT2D eigenvalue weighted by molar-refractivity contribution is 6.88. The van der Waals surface area contributed by atoms with Gasteiger partial charge in [-0.05, 0) is 30.3 Å². The van der Waals surface area contributed by atoms with Crippen molar-refractivity contribution in [1.29, 1.82) is 0 Å². The summed E-state index contributed by atoms with van der Waals surface area (Å²) in [5.41, 5.74) is 2.31. The van der Waals surface area contributed by atoms with Crippen molar-refractivity contribution in [2.75, 3.05) is 7.05 Å². The van der Waals surface area contributed by atoms with Gasteiger partial charge in [-0.15, -0.1) is 0 Å². The van der Waals surface area contributed by atoms with Gasteiger partial charge < -0.3 is 0 Å². The maximum atomic E-state index is 13.2. The Labute approximate surface area is 128 Å². The van der Waals surface area contributed by atoms with Crippen LogP contribution in [0.1, 0.15) is 11.1 Å². The zero-order valence-corrected chi connectivity index (χ0v) is 14.4. The summed E-state index contributed by atoms with van der Waals surface area (Å²) in [5, 5.41) is 1.49. The summed E-state index contributed by atoms with van der Waals surface area (Å²) in [5.74, 6) is -0.166. The van der Waals surface area contributed by atoms with Crippen LogP contribution in [0, 0.1) is 5.82 Å². The first kappa shape index (κ1) is 15.9. The van der Waals surface area contributed by atoms with Crippen LogP contribution in [0.4, 0.5) is 4.39 Å². The van der Waals surface area contributed by atoms with Gasteiger partial charge in [-0.1, -0.05) is 61.2 Å². The van der Waals surface area contributed by atoms with E-state index in [0.717, 1.165) is 18.7 Å². The molecular formula is C18H24FNSi. The third kappa shape index (κ3) is 4.79. The van der Waals surface area contributed by atoms with Crippen LogP contribution in [-0.2, 0) is 13.1 Å². The molecule has 0 fully saturated rings. The van der Waals surface area contributed by atoms with Gasteiger partial charge in [-0.3, -0.25) is 4.90 Å². The zero-order valence-electron chi connectivity index (χ0n) is 13.4. The van der Waals surface area contributed by atoms with E-state index in [1.165, 1.54) is 16.8 Å². The molecule has 0 spiro atoms. The normalized spacial score (nSPS) is 11.9. The van der Waals surface area contributed by atoms with Crippen molar-refractivity contribution >= 4 is 13.3 Å². The van der Waals surface area contributed by atoms with Gasteiger partial charge in [0, 0.05) is 13.1 Å². The van der Waals surface area contributed by atoms with Crippen LogP contribution < -0.4 is 5.19 Å². The molecule has 0 aromatic heterocycles. The quantitative estimate of drug-likeness (QED) is 0.754. The molecule has 0 saturated carbocycles. The Bertz CT molecular complexity index is 587. The molecule has 0 saturated heterocycles. The Morgan fingerprint density at radius 3 is 2.10 bits per heavy atom. The lowest BCUT2D eigenvalue weighted by atomic mass is 10.2. The van der Waals surface area contributed by atoms with E-state index in [2.05, 4.69) is 55.9 Å². The van der Waals surface area contributed by atoms with Crippen LogP contribution in [0.3, 0.4) is 0 Å². The van der Waals surface area contributed by atoms with Crippen LogP contribution in [0.25, 0.3) is 0 Å². The first-order valence-corrected chi connectivity index (χ1v) is 10.9. The van der Waals surface area contributed by atoms with Gasteiger partial charge in [-0.25, -0.2) is 4.39 Å². The summed E-state index contributed by atoms with van der Waals surface area (Å²) in [7, 11) is 0.848. The highest BCUT2D eigenvalue weighted by Gasteiger charge is 2.15. The van der Waals surface area contributed by atoms with Crippen LogP contribution in [0.15, 0.2) is 48.5 Å². The van der Waals surface area contributed by atoms with E-state index >= 15 is 0 Å². The number of benzene rings is 2. The predicted molar refractivity (Wildman–Crippen MR) is 91.0 cm³/mol. The lowest BCUT2D eigenvalue weighted by Gasteiger charge is -2.19. The van der Waals surface area contributed by atoms with Crippen LogP contribution in [-0.4, -0.2) is 20.0 Å². The summed E-state index contributed by atoms with van der Waals surface area (Å²) in [6.45, 7) is 8.71. The molecule has 0 radical (unpaired) electrons. The average molecular weight is 301 g/mol. The van der Waals surface area contributed by atoms with E-state index in [4.69, 9.17) is 0 Å². The van der Waals surface area contributed by atoms with Gasteiger partial charge in [0.05, 0.1) is 8.07 Å². The molecule has 0 N–H and O–H groups in total. The largest absolute Gasteiger partial charge is 0.298 e. The molecule has 0 bridgehead atoms. The second kappa shape index (κ2) is 6.54. The van der Waals surface area contributed by atoms with Gasteiger partial charge in [0.1, 0.15) is 5.82 Å². The summed E-state index contributed by atoms with van der Waals surface area (Å²) < 4.78 is 13.2. The maximum Gasteiger partial charge on any atom is 0.123 e. The minimum absolute atomic E-state index is 0.166. The highest BCUT2D eigenvalue weighted by Crippen LogP contribution is 2.10. The molecule has 2 aromatic rings. The molecule has 0 aliphatic carbocycles. The van der Waals surface area contributed by atoms with Gasteiger partial charge in [0.25, 0.3) is 0 Å². The fraction of sp³-hybridized carbons (Fsp3) is 0.333. The second-order valence-corrected chi connectivity index (χ2v) is 11.8. The van der Waals surface area contributed by atoms with Crippen molar-refractivity contribution in [2.45, 2.75) is 32.7 Å². The van der Waals surface area contributed by atoms with E-state index in [1.807, 2.05) is 6.07 Å². The van der Waals surface area contributed by atoms with Gasteiger partial charge in [-0.2, -0.15) is 0 Å². The molecule has 21 heavy (non-hydrogen) atoms. The smallest absolute Gasteiger partial charge is 0.123 e. The van der Waals surface area contributed by atoms with Crippen molar-refractivity contribution in [3.8, 4) is 0 Å². The Morgan fingerprint density at radius 1 is 0.905 bits per heavy atom. The molecule has 0 amide bonds. The molecular weight excluding hydrogens is 277 g/mol. The highest BCUT2D eigenvalue weighted by atomic mass is 28.3. The maximum absolute atomic E-state index is 13.2. The Kier molecular flexibility index (Phi) is 4.96. The minimum Gasteiger partial charge on any atom is -0.298 e. The lowest BCUT2D eigenvalue weighted by molar-refractivity contribution is 0.318. The summed E-state index contributed by atoms with van der Waals surface area (Å²) in [6, 6.07) is 15.8. The first-order valence-electron chi connectivity index (χ1n) is 7.37. The summed E-state index contributed by atoms with van der Waals surface area (Å²) in [6.07, 6.45) is 0. The zero-order chi connectivity index (χ0) is 15.5. The van der Waals surface area contributed by atoms with Crippen LogP contribution in [0.5, 0.6) is 0 Å². The van der Waals surface area contributed by atoms with Crippen LogP contribution >= 0.6 is 0 Å². The van der Waals surface area contributed by atoms with E-state index in [1.54, 1.807) is 12.1 Å². The van der Waals surface area contributed by atoms with Gasteiger partial charge in [0.2, 0.25) is 0 Å². The predicted octanol–water partition coefficient (Wildman–Crippen LogP) is 4.00. The molecule has 112 valence electrons. The van der Waals surface area contributed by atoms with Gasteiger partial charge in [0.15, 0.2) is 0 Å². The molecule has 2 aromatic carbocycles. The van der Waals surface area contributed by atoms with Crippen molar-refractivity contribution < 1.29 is 4.39 Å². The van der Waals surface area contributed by atoms with E-state index in [9.17, 15) is 4.39 Å².